The van der Waals surface area contributed by atoms with E-state index in [1.165, 1.54) is 0 Å². The van der Waals surface area contributed by atoms with Crippen LogP contribution in [-0.2, 0) is 23.7 Å². The van der Waals surface area contributed by atoms with Gasteiger partial charge >= 0.3 is 0 Å². The lowest BCUT2D eigenvalue weighted by Gasteiger charge is -2.19. The molecule has 5 heteroatoms. The molecule has 0 heterocycles. The van der Waals surface area contributed by atoms with Gasteiger partial charge in [-0.3, -0.25) is 4.79 Å². The number of Topliss-reactive ketones (excluding diaryl/α,β-unsaturated/α-hetero) is 1. The standard InChI is InChI=1S/C13H26O5/c1-5-15-12(16-6-2)9-11(14)10-13(17-7-3)18-8-4/h12-13H,5-10H2,1-4H3. The first kappa shape index (κ1) is 17.5. The Bertz CT molecular complexity index is 176. The molecule has 0 saturated carbocycles. The molecule has 0 aromatic heterocycles. The van der Waals surface area contributed by atoms with Crippen LogP contribution in [0.5, 0.6) is 0 Å². The Labute approximate surface area is 110 Å². The molecule has 0 aliphatic rings. The summed E-state index contributed by atoms with van der Waals surface area (Å²) in [6, 6.07) is 0. The Balaban J connectivity index is 4.09. The Morgan fingerprint density at radius 2 is 1.00 bits per heavy atom. The predicted octanol–water partition coefficient (Wildman–Crippen LogP) is 2.13. The highest BCUT2D eigenvalue weighted by Crippen LogP contribution is 2.09. The fraction of sp³-hybridized carbons (Fsp3) is 0.923. The molecule has 0 aliphatic heterocycles. The smallest absolute Gasteiger partial charge is 0.164 e. The minimum Gasteiger partial charge on any atom is -0.352 e. The topological polar surface area (TPSA) is 54.0 Å². The molecule has 0 fully saturated rings. The first-order chi connectivity index (χ1) is 8.67. The van der Waals surface area contributed by atoms with Crippen molar-refractivity contribution in [2.75, 3.05) is 26.4 Å². The second-order valence-electron chi connectivity index (χ2n) is 3.63. The number of hydrogen-bond donors (Lipinski definition) is 0. The van der Waals surface area contributed by atoms with Gasteiger partial charge in [0.15, 0.2) is 12.6 Å². The summed E-state index contributed by atoms with van der Waals surface area (Å²) in [4.78, 5) is 11.8. The van der Waals surface area contributed by atoms with Gasteiger partial charge in [-0.1, -0.05) is 0 Å². The van der Waals surface area contributed by atoms with Gasteiger partial charge in [0.2, 0.25) is 0 Å². The molecule has 0 rings (SSSR count). The largest absolute Gasteiger partial charge is 0.352 e. The lowest BCUT2D eigenvalue weighted by Crippen LogP contribution is -2.26. The molecule has 0 unspecified atom stereocenters. The van der Waals surface area contributed by atoms with Gasteiger partial charge in [-0.2, -0.15) is 0 Å². The minimum absolute atomic E-state index is 0.0220. The second-order valence-corrected chi connectivity index (χ2v) is 3.63. The maximum Gasteiger partial charge on any atom is 0.164 e. The Hall–Kier alpha value is -0.490. The van der Waals surface area contributed by atoms with Gasteiger partial charge in [0.1, 0.15) is 5.78 Å². The van der Waals surface area contributed by atoms with Crippen molar-refractivity contribution >= 4 is 5.78 Å². The molecular weight excluding hydrogens is 236 g/mol. The fourth-order valence-corrected chi connectivity index (χ4v) is 1.53. The maximum atomic E-state index is 11.8. The molecule has 108 valence electrons. The van der Waals surface area contributed by atoms with E-state index in [0.717, 1.165) is 0 Å². The van der Waals surface area contributed by atoms with E-state index in [1.807, 2.05) is 27.7 Å². The molecule has 5 nitrogen and oxygen atoms in total. The van der Waals surface area contributed by atoms with E-state index in [1.54, 1.807) is 0 Å². The molecule has 0 amide bonds. The molecule has 0 bridgehead atoms. The molecule has 0 radical (unpaired) electrons. The fourth-order valence-electron chi connectivity index (χ4n) is 1.53. The first-order valence-electron chi connectivity index (χ1n) is 6.65. The zero-order chi connectivity index (χ0) is 13.8. The summed E-state index contributed by atoms with van der Waals surface area (Å²) in [6.07, 6.45) is -0.454. The van der Waals surface area contributed by atoms with Crippen molar-refractivity contribution in [3.8, 4) is 0 Å². The highest BCUT2D eigenvalue weighted by Gasteiger charge is 2.18. The quantitative estimate of drug-likeness (QED) is 0.504. The Morgan fingerprint density at radius 1 is 0.722 bits per heavy atom. The summed E-state index contributed by atoms with van der Waals surface area (Å²) in [5, 5.41) is 0. The SMILES string of the molecule is CCOC(CC(=O)CC(OCC)OCC)OCC. The average molecular weight is 262 g/mol. The first-order valence-corrected chi connectivity index (χ1v) is 6.65. The third-order valence-electron chi connectivity index (χ3n) is 2.20. The van der Waals surface area contributed by atoms with Crippen molar-refractivity contribution in [3.63, 3.8) is 0 Å². The van der Waals surface area contributed by atoms with E-state index in [4.69, 9.17) is 18.9 Å². The van der Waals surface area contributed by atoms with Gasteiger partial charge in [0.05, 0.1) is 12.8 Å². The van der Waals surface area contributed by atoms with Crippen LogP contribution < -0.4 is 0 Å². The zero-order valence-electron chi connectivity index (χ0n) is 11.9. The molecule has 0 N–H and O–H groups in total. The molecular formula is C13H26O5. The van der Waals surface area contributed by atoms with Gasteiger partial charge in [-0.15, -0.1) is 0 Å². The van der Waals surface area contributed by atoms with Crippen LogP contribution >= 0.6 is 0 Å². The van der Waals surface area contributed by atoms with Crippen LogP contribution in [0.25, 0.3) is 0 Å². The Morgan fingerprint density at radius 3 is 1.22 bits per heavy atom. The number of carbonyl (C=O) groups excluding carboxylic acids is 1. The molecule has 0 spiro atoms. The monoisotopic (exact) mass is 262 g/mol. The van der Waals surface area contributed by atoms with Crippen molar-refractivity contribution in [1.82, 2.24) is 0 Å². The third-order valence-corrected chi connectivity index (χ3v) is 2.20. The molecule has 0 saturated heterocycles. The van der Waals surface area contributed by atoms with Crippen molar-refractivity contribution in [2.24, 2.45) is 0 Å². The van der Waals surface area contributed by atoms with Crippen molar-refractivity contribution in [1.29, 1.82) is 0 Å². The molecule has 0 atom stereocenters. The molecule has 0 aromatic rings. The van der Waals surface area contributed by atoms with Gasteiger partial charge in [-0.25, -0.2) is 0 Å². The van der Waals surface area contributed by atoms with E-state index >= 15 is 0 Å². The summed E-state index contributed by atoms with van der Waals surface area (Å²) < 4.78 is 21.3. The number of carbonyl (C=O) groups is 1. The van der Waals surface area contributed by atoms with Gasteiger partial charge in [0.25, 0.3) is 0 Å². The van der Waals surface area contributed by atoms with E-state index in [-0.39, 0.29) is 18.6 Å². The van der Waals surface area contributed by atoms with Crippen LogP contribution in [0.1, 0.15) is 40.5 Å². The normalized spacial score (nSPS) is 11.4. The van der Waals surface area contributed by atoms with E-state index < -0.39 is 12.6 Å². The van der Waals surface area contributed by atoms with Crippen molar-refractivity contribution < 1.29 is 23.7 Å². The summed E-state index contributed by atoms with van der Waals surface area (Å²) >= 11 is 0. The van der Waals surface area contributed by atoms with Crippen LogP contribution in [0.15, 0.2) is 0 Å². The molecule has 18 heavy (non-hydrogen) atoms. The lowest BCUT2D eigenvalue weighted by atomic mass is 10.2. The Kier molecular flexibility index (Phi) is 11.3. The van der Waals surface area contributed by atoms with Crippen LogP contribution in [0.2, 0.25) is 0 Å². The van der Waals surface area contributed by atoms with E-state index in [2.05, 4.69) is 0 Å². The van der Waals surface area contributed by atoms with E-state index in [9.17, 15) is 4.79 Å². The van der Waals surface area contributed by atoms with Crippen molar-refractivity contribution in [3.05, 3.63) is 0 Å². The van der Waals surface area contributed by atoms with Crippen LogP contribution in [0.3, 0.4) is 0 Å². The number of hydrogen-bond acceptors (Lipinski definition) is 5. The predicted molar refractivity (Wildman–Crippen MR) is 68.3 cm³/mol. The highest BCUT2D eigenvalue weighted by molar-refractivity contribution is 5.79. The number of rotatable bonds is 12. The average Bonchev–Trinajstić information content (AvgIpc) is 2.30. The van der Waals surface area contributed by atoms with Gasteiger partial charge < -0.3 is 18.9 Å². The summed E-state index contributed by atoms with van der Waals surface area (Å²) in [5.74, 6) is 0.0220. The summed E-state index contributed by atoms with van der Waals surface area (Å²) in [7, 11) is 0. The third kappa shape index (κ3) is 8.58. The lowest BCUT2D eigenvalue weighted by molar-refractivity contribution is -0.165. The summed E-state index contributed by atoms with van der Waals surface area (Å²) in [5.41, 5.74) is 0. The molecule has 0 aliphatic carbocycles. The zero-order valence-corrected chi connectivity index (χ0v) is 11.9. The van der Waals surface area contributed by atoms with Crippen LogP contribution in [0.4, 0.5) is 0 Å². The second kappa shape index (κ2) is 11.6. The summed E-state index contributed by atoms with van der Waals surface area (Å²) in [6.45, 7) is 9.60. The van der Waals surface area contributed by atoms with Crippen LogP contribution in [0, 0.1) is 0 Å². The maximum absolute atomic E-state index is 11.8. The minimum atomic E-state index is -0.462. The van der Waals surface area contributed by atoms with E-state index in [0.29, 0.717) is 26.4 Å². The number of ketones is 1. The van der Waals surface area contributed by atoms with Gasteiger partial charge in [-0.05, 0) is 27.7 Å². The van der Waals surface area contributed by atoms with Gasteiger partial charge in [0, 0.05) is 26.4 Å². The van der Waals surface area contributed by atoms with Crippen molar-refractivity contribution in [2.45, 2.75) is 53.1 Å². The highest BCUT2D eigenvalue weighted by atomic mass is 16.7. The van der Waals surface area contributed by atoms with Crippen LogP contribution in [-0.4, -0.2) is 44.8 Å². The molecule has 0 aromatic carbocycles. The number of ether oxygens (including phenoxy) is 4.